The fourth-order valence-electron chi connectivity index (χ4n) is 1.91. The number of aromatic nitrogens is 3. The van der Waals surface area contributed by atoms with E-state index in [2.05, 4.69) is 9.97 Å². The van der Waals surface area contributed by atoms with Crippen molar-refractivity contribution in [1.29, 1.82) is 0 Å². The zero-order valence-electron chi connectivity index (χ0n) is 9.26. The van der Waals surface area contributed by atoms with Gasteiger partial charge in [-0.1, -0.05) is 17.7 Å². The van der Waals surface area contributed by atoms with E-state index in [1.165, 1.54) is 0 Å². The highest BCUT2D eigenvalue weighted by Crippen LogP contribution is 2.27. The van der Waals surface area contributed by atoms with Crippen LogP contribution in [0, 0.1) is 0 Å². The van der Waals surface area contributed by atoms with E-state index in [9.17, 15) is 0 Å². The molecule has 3 rings (SSSR count). The Bertz CT molecular complexity index is 688. The van der Waals surface area contributed by atoms with Gasteiger partial charge in [-0.2, -0.15) is 0 Å². The van der Waals surface area contributed by atoms with Gasteiger partial charge in [0.15, 0.2) is 0 Å². The number of halogens is 1. The number of hydrogen-bond donors (Lipinski definition) is 0. The number of hydrogen-bond acceptors (Lipinski definition) is 2. The smallest absolute Gasteiger partial charge is 0.136 e. The van der Waals surface area contributed by atoms with E-state index >= 15 is 0 Å². The molecule has 17 heavy (non-hydrogen) atoms. The number of rotatable bonds is 1. The molecule has 0 spiro atoms. The van der Waals surface area contributed by atoms with Crippen LogP contribution in [0.1, 0.15) is 0 Å². The lowest BCUT2D eigenvalue weighted by Gasteiger charge is -2.03. The predicted molar refractivity (Wildman–Crippen MR) is 69.0 cm³/mol. The third-order valence-electron chi connectivity index (χ3n) is 2.80. The Balaban J connectivity index is 2.22. The average Bonchev–Trinajstić information content (AvgIpc) is 2.71. The Morgan fingerprint density at radius 2 is 2.06 bits per heavy atom. The standard InChI is InChI=1S/C13H10ClN3/c1-17-8-16-11-7-9(4-5-12(11)17)10-3-2-6-15-13(10)14/h2-8H,1H3. The molecule has 2 aromatic heterocycles. The molecule has 0 unspecified atom stereocenters. The first-order valence-electron chi connectivity index (χ1n) is 5.27. The van der Waals surface area contributed by atoms with Crippen molar-refractivity contribution in [2.75, 3.05) is 0 Å². The summed E-state index contributed by atoms with van der Waals surface area (Å²) in [6.07, 6.45) is 3.49. The minimum Gasteiger partial charge on any atom is -0.334 e. The normalized spacial score (nSPS) is 10.9. The van der Waals surface area contributed by atoms with Crippen molar-refractivity contribution < 1.29 is 0 Å². The van der Waals surface area contributed by atoms with Gasteiger partial charge in [-0.25, -0.2) is 9.97 Å². The van der Waals surface area contributed by atoms with E-state index < -0.39 is 0 Å². The first kappa shape index (κ1) is 10.3. The molecule has 0 bridgehead atoms. The number of pyridine rings is 1. The van der Waals surface area contributed by atoms with Gasteiger partial charge in [0, 0.05) is 18.8 Å². The fourth-order valence-corrected chi connectivity index (χ4v) is 2.13. The Kier molecular flexibility index (Phi) is 2.34. The van der Waals surface area contributed by atoms with Crippen LogP contribution in [-0.2, 0) is 7.05 Å². The van der Waals surface area contributed by atoms with Crippen LogP contribution >= 0.6 is 11.6 Å². The van der Waals surface area contributed by atoms with Gasteiger partial charge in [0.1, 0.15) is 5.15 Å². The van der Waals surface area contributed by atoms with Crippen molar-refractivity contribution in [2.24, 2.45) is 7.05 Å². The Labute approximate surface area is 104 Å². The van der Waals surface area contributed by atoms with Gasteiger partial charge in [0.05, 0.1) is 17.4 Å². The number of imidazole rings is 1. The van der Waals surface area contributed by atoms with Gasteiger partial charge in [-0.3, -0.25) is 0 Å². The molecule has 84 valence electrons. The fraction of sp³-hybridized carbons (Fsp3) is 0.0769. The lowest BCUT2D eigenvalue weighted by molar-refractivity contribution is 0.948. The molecular formula is C13H10ClN3. The Morgan fingerprint density at radius 1 is 1.18 bits per heavy atom. The highest BCUT2D eigenvalue weighted by molar-refractivity contribution is 6.32. The first-order valence-corrected chi connectivity index (χ1v) is 5.65. The van der Waals surface area contributed by atoms with Crippen LogP contribution in [0.2, 0.25) is 5.15 Å². The lowest BCUT2D eigenvalue weighted by Crippen LogP contribution is -1.85. The van der Waals surface area contributed by atoms with E-state index in [1.807, 2.05) is 41.9 Å². The summed E-state index contributed by atoms with van der Waals surface area (Å²) in [5.74, 6) is 0. The van der Waals surface area contributed by atoms with Crippen LogP contribution in [0.3, 0.4) is 0 Å². The first-order chi connectivity index (χ1) is 8.25. The van der Waals surface area contributed by atoms with Crippen LogP contribution in [0.25, 0.3) is 22.2 Å². The maximum Gasteiger partial charge on any atom is 0.136 e. The maximum absolute atomic E-state index is 6.08. The van der Waals surface area contributed by atoms with Gasteiger partial charge in [0.25, 0.3) is 0 Å². The second kappa shape index (κ2) is 3.86. The molecule has 3 nitrogen and oxygen atoms in total. The minimum atomic E-state index is 0.516. The molecule has 0 aliphatic heterocycles. The van der Waals surface area contributed by atoms with Crippen molar-refractivity contribution in [3.05, 3.63) is 48.0 Å². The van der Waals surface area contributed by atoms with E-state index in [4.69, 9.17) is 11.6 Å². The highest BCUT2D eigenvalue weighted by Gasteiger charge is 2.06. The molecule has 3 aromatic rings. The molecular weight excluding hydrogens is 234 g/mol. The van der Waals surface area contributed by atoms with E-state index in [1.54, 1.807) is 12.5 Å². The summed E-state index contributed by atoms with van der Waals surface area (Å²) in [7, 11) is 1.98. The van der Waals surface area contributed by atoms with Crippen molar-refractivity contribution in [3.8, 4) is 11.1 Å². The van der Waals surface area contributed by atoms with Gasteiger partial charge in [-0.05, 0) is 29.8 Å². The van der Waals surface area contributed by atoms with Crippen LogP contribution in [0.15, 0.2) is 42.9 Å². The molecule has 2 heterocycles. The molecule has 0 saturated heterocycles. The molecule has 0 saturated carbocycles. The summed E-state index contributed by atoms with van der Waals surface area (Å²) in [6, 6.07) is 9.94. The molecule has 0 N–H and O–H groups in total. The second-order valence-corrected chi connectivity index (χ2v) is 4.26. The molecule has 1 aromatic carbocycles. The quantitative estimate of drug-likeness (QED) is 0.614. The van der Waals surface area contributed by atoms with Gasteiger partial charge in [0.2, 0.25) is 0 Å². The van der Waals surface area contributed by atoms with E-state index in [0.29, 0.717) is 5.15 Å². The predicted octanol–water partition coefficient (Wildman–Crippen LogP) is 3.29. The lowest BCUT2D eigenvalue weighted by atomic mass is 10.1. The second-order valence-electron chi connectivity index (χ2n) is 3.90. The maximum atomic E-state index is 6.08. The summed E-state index contributed by atoms with van der Waals surface area (Å²) >= 11 is 6.08. The topological polar surface area (TPSA) is 30.7 Å². The summed E-state index contributed by atoms with van der Waals surface area (Å²) in [5.41, 5.74) is 4.04. The summed E-state index contributed by atoms with van der Waals surface area (Å²) in [4.78, 5) is 8.41. The summed E-state index contributed by atoms with van der Waals surface area (Å²) in [6.45, 7) is 0. The van der Waals surface area contributed by atoms with Crippen LogP contribution in [0.5, 0.6) is 0 Å². The van der Waals surface area contributed by atoms with Crippen molar-refractivity contribution in [2.45, 2.75) is 0 Å². The SMILES string of the molecule is Cn1cnc2cc(-c3cccnc3Cl)ccc21. The van der Waals surface area contributed by atoms with E-state index in [0.717, 1.165) is 22.2 Å². The molecule has 0 fully saturated rings. The number of nitrogens with zero attached hydrogens (tertiary/aromatic N) is 3. The van der Waals surface area contributed by atoms with Gasteiger partial charge < -0.3 is 4.57 Å². The summed E-state index contributed by atoms with van der Waals surface area (Å²) in [5, 5.41) is 0.516. The largest absolute Gasteiger partial charge is 0.334 e. The Morgan fingerprint density at radius 3 is 2.88 bits per heavy atom. The third-order valence-corrected chi connectivity index (χ3v) is 3.10. The molecule has 0 amide bonds. The van der Waals surface area contributed by atoms with Gasteiger partial charge >= 0.3 is 0 Å². The average molecular weight is 244 g/mol. The van der Waals surface area contributed by atoms with E-state index in [-0.39, 0.29) is 0 Å². The number of fused-ring (bicyclic) bond motifs is 1. The number of benzene rings is 1. The molecule has 0 radical (unpaired) electrons. The Hall–Kier alpha value is -1.87. The molecule has 0 atom stereocenters. The zero-order valence-corrected chi connectivity index (χ0v) is 10.0. The molecule has 0 aliphatic rings. The monoisotopic (exact) mass is 243 g/mol. The summed E-state index contributed by atoms with van der Waals surface area (Å²) < 4.78 is 1.99. The minimum absolute atomic E-state index is 0.516. The van der Waals surface area contributed by atoms with Crippen molar-refractivity contribution in [3.63, 3.8) is 0 Å². The van der Waals surface area contributed by atoms with Gasteiger partial charge in [-0.15, -0.1) is 0 Å². The van der Waals surface area contributed by atoms with Crippen LogP contribution in [0.4, 0.5) is 0 Å². The third kappa shape index (κ3) is 1.68. The van der Waals surface area contributed by atoms with Crippen molar-refractivity contribution in [1.82, 2.24) is 14.5 Å². The molecule has 0 aliphatic carbocycles. The molecule has 4 heteroatoms. The van der Waals surface area contributed by atoms with Crippen LogP contribution < -0.4 is 0 Å². The van der Waals surface area contributed by atoms with Crippen LogP contribution in [-0.4, -0.2) is 14.5 Å². The van der Waals surface area contributed by atoms with Crippen molar-refractivity contribution >= 4 is 22.6 Å². The highest BCUT2D eigenvalue weighted by atomic mass is 35.5. The zero-order chi connectivity index (χ0) is 11.8. The number of aryl methyl sites for hydroxylation is 1.